The van der Waals surface area contributed by atoms with Crippen molar-refractivity contribution in [1.82, 2.24) is 10.1 Å². The Morgan fingerprint density at radius 2 is 1.92 bits per heavy atom. The number of hydrogen-bond acceptors (Lipinski definition) is 4. The van der Waals surface area contributed by atoms with Gasteiger partial charge in [0.1, 0.15) is 11.5 Å². The summed E-state index contributed by atoms with van der Waals surface area (Å²) in [6, 6.07) is 4.22. The first-order valence-electron chi connectivity index (χ1n) is 6.73. The molecule has 0 unspecified atom stereocenters. The Morgan fingerprint density at radius 1 is 1.17 bits per heavy atom. The second-order valence-electron chi connectivity index (χ2n) is 5.15. The van der Waals surface area contributed by atoms with E-state index in [1.807, 2.05) is 0 Å². The third-order valence-corrected chi connectivity index (χ3v) is 3.41. The highest BCUT2D eigenvalue weighted by atomic mass is 19.4. The van der Waals surface area contributed by atoms with Crippen LogP contribution in [0.2, 0.25) is 0 Å². The van der Waals surface area contributed by atoms with Gasteiger partial charge < -0.3 is 9.42 Å². The van der Waals surface area contributed by atoms with Gasteiger partial charge in [0.2, 0.25) is 0 Å². The molecule has 0 aliphatic heterocycles. The number of anilines is 1. The van der Waals surface area contributed by atoms with Crippen molar-refractivity contribution in [3.05, 3.63) is 53.4 Å². The lowest BCUT2D eigenvalue weighted by atomic mass is 10.2. The molecule has 0 fully saturated rings. The van der Waals surface area contributed by atoms with Crippen molar-refractivity contribution in [3.8, 4) is 0 Å². The molecule has 1 aromatic carbocycles. The van der Waals surface area contributed by atoms with E-state index in [1.165, 1.54) is 24.1 Å². The molecule has 2 heterocycles. The molecule has 0 radical (unpaired) electrons. The molecule has 3 rings (SSSR count). The van der Waals surface area contributed by atoms with Gasteiger partial charge in [0.05, 0.1) is 12.1 Å². The van der Waals surface area contributed by atoms with E-state index in [4.69, 9.17) is 4.52 Å². The summed E-state index contributed by atoms with van der Waals surface area (Å²) < 4.78 is 69.6. The van der Waals surface area contributed by atoms with Gasteiger partial charge in [-0.05, 0) is 18.2 Å². The van der Waals surface area contributed by atoms with Crippen molar-refractivity contribution in [1.29, 1.82) is 0 Å². The van der Waals surface area contributed by atoms with E-state index in [0.717, 1.165) is 6.07 Å². The highest BCUT2D eigenvalue weighted by Gasteiger charge is 2.32. The Balaban J connectivity index is 1.88. The van der Waals surface area contributed by atoms with Gasteiger partial charge in [0.15, 0.2) is 17.2 Å². The summed E-state index contributed by atoms with van der Waals surface area (Å²) in [4.78, 5) is 4.82. The van der Waals surface area contributed by atoms with Crippen LogP contribution in [-0.4, -0.2) is 17.2 Å². The van der Waals surface area contributed by atoms with E-state index in [9.17, 15) is 22.0 Å². The molecular formula is C15H10F5N3O. The van der Waals surface area contributed by atoms with Crippen LogP contribution in [0.3, 0.4) is 0 Å². The third kappa shape index (κ3) is 3.01. The zero-order chi connectivity index (χ0) is 17.5. The Labute approximate surface area is 132 Å². The summed E-state index contributed by atoms with van der Waals surface area (Å²) in [6.07, 6.45) is -4.11. The van der Waals surface area contributed by atoms with E-state index < -0.39 is 23.4 Å². The van der Waals surface area contributed by atoms with Gasteiger partial charge in [-0.25, -0.2) is 13.8 Å². The van der Waals surface area contributed by atoms with Crippen molar-refractivity contribution in [2.45, 2.75) is 12.7 Å². The van der Waals surface area contributed by atoms with Crippen LogP contribution in [0.15, 0.2) is 35.0 Å². The van der Waals surface area contributed by atoms with Gasteiger partial charge in [-0.2, -0.15) is 13.2 Å². The number of alkyl halides is 3. The zero-order valence-corrected chi connectivity index (χ0v) is 12.2. The molecule has 0 bridgehead atoms. The number of rotatable bonds is 3. The molecule has 0 spiro atoms. The van der Waals surface area contributed by atoms with Crippen molar-refractivity contribution < 1.29 is 26.5 Å². The normalized spacial score (nSPS) is 11.9. The van der Waals surface area contributed by atoms with Crippen LogP contribution in [0, 0.1) is 11.6 Å². The molecule has 9 heteroatoms. The molecule has 0 atom stereocenters. The highest BCUT2D eigenvalue weighted by molar-refractivity contribution is 5.79. The van der Waals surface area contributed by atoms with Crippen molar-refractivity contribution in [3.63, 3.8) is 0 Å². The van der Waals surface area contributed by atoms with E-state index in [-0.39, 0.29) is 17.9 Å². The van der Waals surface area contributed by atoms with Gasteiger partial charge in [-0.15, -0.1) is 0 Å². The average Bonchev–Trinajstić information content (AvgIpc) is 2.88. The van der Waals surface area contributed by atoms with Crippen LogP contribution in [0.1, 0.15) is 11.3 Å². The SMILES string of the molecule is CN(Cc1noc2cc(F)ccc12)c1ncc(C(F)(F)F)cc1F. The molecular weight excluding hydrogens is 333 g/mol. The topological polar surface area (TPSA) is 42.2 Å². The maximum absolute atomic E-state index is 13.9. The molecule has 0 aliphatic rings. The molecule has 2 aromatic heterocycles. The number of halogens is 5. The highest BCUT2D eigenvalue weighted by Crippen LogP contribution is 2.31. The van der Waals surface area contributed by atoms with Crippen LogP contribution in [0.5, 0.6) is 0 Å². The summed E-state index contributed by atoms with van der Waals surface area (Å²) in [5.74, 6) is -1.86. The number of nitrogens with zero attached hydrogens (tertiary/aromatic N) is 3. The van der Waals surface area contributed by atoms with Crippen molar-refractivity contribution in [2.24, 2.45) is 0 Å². The smallest absolute Gasteiger partial charge is 0.356 e. The zero-order valence-electron chi connectivity index (χ0n) is 12.2. The fraction of sp³-hybridized carbons (Fsp3) is 0.200. The molecule has 24 heavy (non-hydrogen) atoms. The standard InChI is InChI=1S/C15H10F5N3O/c1-23(14-11(17)4-8(6-21-14)15(18,19)20)7-12-10-3-2-9(16)5-13(10)24-22-12/h2-6H,7H2,1H3. The largest absolute Gasteiger partial charge is 0.417 e. The minimum atomic E-state index is -4.67. The predicted molar refractivity (Wildman–Crippen MR) is 75.3 cm³/mol. The minimum absolute atomic E-state index is 0.0217. The molecule has 0 saturated heterocycles. The van der Waals surface area contributed by atoms with E-state index in [0.29, 0.717) is 23.3 Å². The summed E-state index contributed by atoms with van der Waals surface area (Å²) in [5, 5.41) is 4.30. The van der Waals surface area contributed by atoms with Crippen LogP contribution >= 0.6 is 0 Å². The first-order chi connectivity index (χ1) is 11.3. The summed E-state index contributed by atoms with van der Waals surface area (Å²) in [6.45, 7) is 0.0217. The van der Waals surface area contributed by atoms with Crippen LogP contribution < -0.4 is 4.90 Å². The Kier molecular flexibility index (Phi) is 3.86. The molecule has 4 nitrogen and oxygen atoms in total. The van der Waals surface area contributed by atoms with Crippen LogP contribution in [0.25, 0.3) is 11.0 Å². The second kappa shape index (κ2) is 5.73. The van der Waals surface area contributed by atoms with E-state index in [2.05, 4.69) is 10.1 Å². The lowest BCUT2D eigenvalue weighted by molar-refractivity contribution is -0.138. The maximum atomic E-state index is 13.9. The third-order valence-electron chi connectivity index (χ3n) is 3.41. The van der Waals surface area contributed by atoms with Gasteiger partial charge in [0.25, 0.3) is 0 Å². The van der Waals surface area contributed by atoms with Crippen molar-refractivity contribution in [2.75, 3.05) is 11.9 Å². The quantitative estimate of drug-likeness (QED) is 0.670. The number of fused-ring (bicyclic) bond motifs is 1. The summed E-state index contributed by atoms with van der Waals surface area (Å²) >= 11 is 0. The number of pyridine rings is 1. The molecule has 3 aromatic rings. The average molecular weight is 343 g/mol. The molecule has 0 amide bonds. The first kappa shape index (κ1) is 16.2. The van der Waals surface area contributed by atoms with Gasteiger partial charge >= 0.3 is 6.18 Å². The van der Waals surface area contributed by atoms with Crippen molar-refractivity contribution >= 4 is 16.8 Å². The number of hydrogen-bond donors (Lipinski definition) is 0. The summed E-state index contributed by atoms with van der Waals surface area (Å²) in [7, 11) is 1.45. The van der Waals surface area contributed by atoms with Gasteiger partial charge in [-0.3, -0.25) is 0 Å². The second-order valence-corrected chi connectivity index (χ2v) is 5.15. The van der Waals surface area contributed by atoms with E-state index >= 15 is 0 Å². The van der Waals surface area contributed by atoms with Gasteiger partial charge in [-0.1, -0.05) is 5.16 Å². The fourth-order valence-corrected chi connectivity index (χ4v) is 2.24. The summed E-state index contributed by atoms with van der Waals surface area (Å²) in [5.41, 5.74) is -0.563. The van der Waals surface area contributed by atoms with Crippen LogP contribution in [-0.2, 0) is 12.7 Å². The molecule has 0 saturated carbocycles. The first-order valence-corrected chi connectivity index (χ1v) is 6.73. The number of aromatic nitrogens is 2. The maximum Gasteiger partial charge on any atom is 0.417 e. The number of benzene rings is 1. The molecule has 0 aliphatic carbocycles. The van der Waals surface area contributed by atoms with E-state index in [1.54, 1.807) is 0 Å². The predicted octanol–water partition coefficient (Wildman–Crippen LogP) is 4.16. The Hall–Kier alpha value is -2.71. The lowest BCUT2D eigenvalue weighted by Crippen LogP contribution is -2.20. The Bertz CT molecular complexity index is 890. The fourth-order valence-electron chi connectivity index (χ4n) is 2.24. The van der Waals surface area contributed by atoms with Crippen LogP contribution in [0.4, 0.5) is 27.8 Å². The monoisotopic (exact) mass is 343 g/mol. The Morgan fingerprint density at radius 3 is 2.58 bits per heavy atom. The lowest BCUT2D eigenvalue weighted by Gasteiger charge is -2.18. The minimum Gasteiger partial charge on any atom is -0.356 e. The molecule has 0 N–H and O–H groups in total. The molecule has 126 valence electrons. The van der Waals surface area contributed by atoms with Gasteiger partial charge in [0, 0.05) is 24.7 Å².